The van der Waals surface area contributed by atoms with Gasteiger partial charge < -0.3 is 16.2 Å². The van der Waals surface area contributed by atoms with Crippen LogP contribution < -0.4 is 11.1 Å². The number of rotatable bonds is 5. The van der Waals surface area contributed by atoms with Crippen molar-refractivity contribution < 1.29 is 9.90 Å². The molecule has 4 N–H and O–H groups in total. The zero-order chi connectivity index (χ0) is 12.8. The van der Waals surface area contributed by atoms with Gasteiger partial charge in [0.1, 0.15) is 0 Å². The first kappa shape index (κ1) is 13.5. The molecule has 1 amide bonds. The number of hydrogen-bond acceptors (Lipinski definition) is 3. The fraction of sp³-hybridized carbons (Fsp3) is 0.462. The lowest BCUT2D eigenvalue weighted by molar-refractivity contribution is 0.0945. The van der Waals surface area contributed by atoms with E-state index in [0.717, 1.165) is 5.56 Å². The van der Waals surface area contributed by atoms with E-state index in [1.54, 1.807) is 6.07 Å². The lowest BCUT2D eigenvalue weighted by atomic mass is 10.1. The minimum atomic E-state index is -0.120. The molecule has 0 aliphatic rings. The zero-order valence-electron chi connectivity index (χ0n) is 10.4. The molecule has 0 radical (unpaired) electrons. The van der Waals surface area contributed by atoms with Crippen LogP contribution in [0.2, 0.25) is 0 Å². The number of anilines is 1. The quantitative estimate of drug-likeness (QED) is 0.675. The number of carbonyl (C=O) groups is 1. The molecule has 0 aromatic heterocycles. The van der Waals surface area contributed by atoms with Crippen LogP contribution in [-0.2, 0) is 0 Å². The Kier molecular flexibility index (Phi) is 4.97. The van der Waals surface area contributed by atoms with E-state index in [-0.39, 0.29) is 18.4 Å². The average molecular weight is 236 g/mol. The normalized spacial score (nSPS) is 12.2. The zero-order valence-corrected chi connectivity index (χ0v) is 10.4. The van der Waals surface area contributed by atoms with Crippen molar-refractivity contribution in [1.29, 1.82) is 0 Å². The van der Waals surface area contributed by atoms with Crippen molar-refractivity contribution >= 4 is 11.6 Å². The van der Waals surface area contributed by atoms with E-state index in [1.807, 2.05) is 26.0 Å². The lowest BCUT2D eigenvalue weighted by Gasteiger charge is -2.11. The first-order valence-electron chi connectivity index (χ1n) is 5.79. The summed E-state index contributed by atoms with van der Waals surface area (Å²) >= 11 is 0. The van der Waals surface area contributed by atoms with Crippen molar-refractivity contribution in [2.24, 2.45) is 5.92 Å². The minimum Gasteiger partial charge on any atom is -0.399 e. The van der Waals surface area contributed by atoms with Gasteiger partial charge in [0.25, 0.3) is 5.91 Å². The molecular weight excluding hydrogens is 216 g/mol. The Labute approximate surface area is 102 Å². The van der Waals surface area contributed by atoms with Crippen molar-refractivity contribution in [2.45, 2.75) is 20.3 Å². The van der Waals surface area contributed by atoms with E-state index in [4.69, 9.17) is 10.8 Å². The van der Waals surface area contributed by atoms with Gasteiger partial charge in [0, 0.05) is 24.4 Å². The smallest absolute Gasteiger partial charge is 0.251 e. The van der Waals surface area contributed by atoms with Crippen LogP contribution in [0.5, 0.6) is 0 Å². The molecule has 0 bridgehead atoms. The molecule has 0 spiro atoms. The molecule has 0 saturated carbocycles. The maximum Gasteiger partial charge on any atom is 0.251 e. The standard InChI is InChI=1S/C13H20N2O2/c1-9(3-4-16)8-15-13(17)11-5-10(2)6-12(14)7-11/h5-7,9,16H,3-4,8,14H2,1-2H3,(H,15,17). The number of nitrogen functional groups attached to an aromatic ring is 1. The highest BCUT2D eigenvalue weighted by atomic mass is 16.3. The summed E-state index contributed by atoms with van der Waals surface area (Å²) in [6.07, 6.45) is 0.691. The Morgan fingerprint density at radius 1 is 1.47 bits per heavy atom. The van der Waals surface area contributed by atoms with Crippen molar-refractivity contribution in [2.75, 3.05) is 18.9 Å². The van der Waals surface area contributed by atoms with Crippen LogP contribution in [0.15, 0.2) is 18.2 Å². The fourth-order valence-electron chi connectivity index (χ4n) is 1.64. The average Bonchev–Trinajstić information content (AvgIpc) is 2.25. The summed E-state index contributed by atoms with van der Waals surface area (Å²) in [5, 5.41) is 11.6. The maximum atomic E-state index is 11.8. The van der Waals surface area contributed by atoms with Gasteiger partial charge >= 0.3 is 0 Å². The van der Waals surface area contributed by atoms with Gasteiger partial charge in [-0.3, -0.25) is 4.79 Å². The summed E-state index contributed by atoms with van der Waals surface area (Å²) in [4.78, 5) is 11.8. The summed E-state index contributed by atoms with van der Waals surface area (Å²) < 4.78 is 0. The van der Waals surface area contributed by atoms with Crippen molar-refractivity contribution in [3.8, 4) is 0 Å². The number of benzene rings is 1. The third-order valence-electron chi connectivity index (χ3n) is 2.59. The predicted octanol–water partition coefficient (Wildman–Crippen LogP) is 1.33. The second kappa shape index (κ2) is 6.25. The first-order valence-corrected chi connectivity index (χ1v) is 5.79. The van der Waals surface area contributed by atoms with E-state index in [9.17, 15) is 4.79 Å². The molecule has 0 heterocycles. The number of amides is 1. The van der Waals surface area contributed by atoms with Gasteiger partial charge in [0.15, 0.2) is 0 Å². The summed E-state index contributed by atoms with van der Waals surface area (Å²) in [7, 11) is 0. The van der Waals surface area contributed by atoms with E-state index in [2.05, 4.69) is 5.32 Å². The van der Waals surface area contributed by atoms with Crippen LogP contribution in [-0.4, -0.2) is 24.2 Å². The molecule has 4 nitrogen and oxygen atoms in total. The van der Waals surface area contributed by atoms with Gasteiger partial charge in [-0.25, -0.2) is 0 Å². The molecule has 1 atom stereocenters. The van der Waals surface area contributed by atoms with Crippen LogP contribution in [0.3, 0.4) is 0 Å². The fourth-order valence-corrected chi connectivity index (χ4v) is 1.64. The summed E-state index contributed by atoms with van der Waals surface area (Å²) in [5.74, 6) is 0.149. The lowest BCUT2D eigenvalue weighted by Crippen LogP contribution is -2.28. The van der Waals surface area contributed by atoms with Crippen LogP contribution >= 0.6 is 0 Å². The highest BCUT2D eigenvalue weighted by Gasteiger charge is 2.08. The molecule has 0 fully saturated rings. The molecule has 4 heteroatoms. The Hall–Kier alpha value is -1.55. The second-order valence-electron chi connectivity index (χ2n) is 4.46. The summed E-state index contributed by atoms with van der Waals surface area (Å²) in [5.41, 5.74) is 7.84. The number of nitrogens with one attached hydrogen (secondary N) is 1. The Morgan fingerprint density at radius 3 is 2.76 bits per heavy atom. The van der Waals surface area contributed by atoms with Crippen molar-refractivity contribution in [3.05, 3.63) is 29.3 Å². The predicted molar refractivity (Wildman–Crippen MR) is 68.8 cm³/mol. The second-order valence-corrected chi connectivity index (χ2v) is 4.46. The molecule has 17 heavy (non-hydrogen) atoms. The van der Waals surface area contributed by atoms with Crippen molar-refractivity contribution in [3.63, 3.8) is 0 Å². The molecule has 0 aliphatic heterocycles. The van der Waals surface area contributed by atoms with Crippen LogP contribution in [0, 0.1) is 12.8 Å². The molecule has 1 unspecified atom stereocenters. The van der Waals surface area contributed by atoms with Gasteiger partial charge in [0.2, 0.25) is 0 Å². The van der Waals surface area contributed by atoms with E-state index in [0.29, 0.717) is 24.2 Å². The number of aliphatic hydroxyl groups is 1. The molecule has 94 valence electrons. The number of nitrogens with two attached hydrogens (primary N) is 1. The number of hydrogen-bond donors (Lipinski definition) is 3. The van der Waals surface area contributed by atoms with Gasteiger partial charge in [0.05, 0.1) is 0 Å². The van der Waals surface area contributed by atoms with Gasteiger partial charge in [-0.05, 0) is 43.0 Å². The number of aryl methyl sites for hydroxylation is 1. The highest BCUT2D eigenvalue weighted by Crippen LogP contribution is 2.11. The Morgan fingerprint density at radius 2 is 2.18 bits per heavy atom. The van der Waals surface area contributed by atoms with Crippen LogP contribution in [0.1, 0.15) is 29.3 Å². The van der Waals surface area contributed by atoms with Crippen molar-refractivity contribution in [1.82, 2.24) is 5.32 Å². The largest absolute Gasteiger partial charge is 0.399 e. The van der Waals surface area contributed by atoms with Crippen LogP contribution in [0.25, 0.3) is 0 Å². The third-order valence-corrected chi connectivity index (χ3v) is 2.59. The molecule has 1 aromatic rings. The topological polar surface area (TPSA) is 75.4 Å². The first-order chi connectivity index (χ1) is 8.02. The third kappa shape index (κ3) is 4.44. The summed E-state index contributed by atoms with van der Waals surface area (Å²) in [6.45, 7) is 4.60. The molecule has 0 aliphatic carbocycles. The van der Waals surface area contributed by atoms with Gasteiger partial charge in [-0.15, -0.1) is 0 Å². The maximum absolute atomic E-state index is 11.8. The van der Waals surface area contributed by atoms with E-state index < -0.39 is 0 Å². The summed E-state index contributed by atoms with van der Waals surface area (Å²) in [6, 6.07) is 5.30. The van der Waals surface area contributed by atoms with E-state index >= 15 is 0 Å². The van der Waals surface area contributed by atoms with Gasteiger partial charge in [-0.2, -0.15) is 0 Å². The molecule has 0 saturated heterocycles. The minimum absolute atomic E-state index is 0.120. The monoisotopic (exact) mass is 236 g/mol. The highest BCUT2D eigenvalue weighted by molar-refractivity contribution is 5.95. The van der Waals surface area contributed by atoms with Crippen LogP contribution in [0.4, 0.5) is 5.69 Å². The molecular formula is C13H20N2O2. The Bertz CT molecular complexity index is 371. The SMILES string of the molecule is Cc1cc(N)cc(C(=O)NCC(C)CCO)c1. The number of carbonyl (C=O) groups excluding carboxylic acids is 1. The molecule has 1 aromatic carbocycles. The Balaban J connectivity index is 2.58. The van der Waals surface area contributed by atoms with Gasteiger partial charge in [-0.1, -0.05) is 6.92 Å². The number of aliphatic hydroxyl groups excluding tert-OH is 1. The van der Waals surface area contributed by atoms with E-state index in [1.165, 1.54) is 0 Å². The molecule has 1 rings (SSSR count).